The van der Waals surface area contributed by atoms with Gasteiger partial charge < -0.3 is 10.1 Å². The van der Waals surface area contributed by atoms with Crippen molar-refractivity contribution in [2.45, 2.75) is 19.5 Å². The van der Waals surface area contributed by atoms with Gasteiger partial charge in [-0.1, -0.05) is 59.6 Å². The molecule has 0 spiro atoms. The average Bonchev–Trinajstić information content (AvgIpc) is 3.20. The van der Waals surface area contributed by atoms with E-state index in [1.54, 1.807) is 4.80 Å². The van der Waals surface area contributed by atoms with Crippen molar-refractivity contribution in [3.63, 3.8) is 0 Å². The van der Waals surface area contributed by atoms with Gasteiger partial charge in [-0.3, -0.25) is 4.90 Å². The van der Waals surface area contributed by atoms with Crippen LogP contribution in [0.2, 0.25) is 10.0 Å². The topological polar surface area (TPSA) is 55.2 Å². The standard InChI is InChI=1S/C23H27Cl2N5O/c24-20-8-4-9-21(25)19(20)17-30-27-22(23(28-30)18-6-2-1-3-7-18)16-26-10-5-11-29-12-14-31-15-13-29/h1-4,6-9,26H,5,10-17H2. The summed E-state index contributed by atoms with van der Waals surface area (Å²) in [5, 5.41) is 14.3. The highest BCUT2D eigenvalue weighted by Gasteiger charge is 2.15. The normalized spacial score (nSPS) is 14.8. The Hall–Kier alpha value is -1.96. The predicted octanol–water partition coefficient (Wildman–Crippen LogP) is 4.11. The van der Waals surface area contributed by atoms with Crippen LogP contribution in [0.4, 0.5) is 0 Å². The van der Waals surface area contributed by atoms with Gasteiger partial charge >= 0.3 is 0 Å². The number of hydrogen-bond donors (Lipinski definition) is 1. The zero-order valence-electron chi connectivity index (χ0n) is 17.4. The van der Waals surface area contributed by atoms with Crippen LogP contribution in [0.5, 0.6) is 0 Å². The Balaban J connectivity index is 1.42. The van der Waals surface area contributed by atoms with Crippen molar-refractivity contribution >= 4 is 23.2 Å². The van der Waals surface area contributed by atoms with E-state index in [2.05, 4.69) is 22.3 Å². The molecule has 0 unspecified atom stereocenters. The van der Waals surface area contributed by atoms with Crippen LogP contribution in [0, 0.1) is 0 Å². The van der Waals surface area contributed by atoms with Crippen molar-refractivity contribution in [1.29, 1.82) is 0 Å². The molecule has 4 rings (SSSR count). The Morgan fingerprint density at radius 1 is 0.935 bits per heavy atom. The molecular formula is C23H27Cl2N5O. The number of morpholine rings is 1. The molecule has 1 saturated heterocycles. The number of rotatable bonds is 9. The van der Waals surface area contributed by atoms with Gasteiger partial charge in [0.15, 0.2) is 0 Å². The van der Waals surface area contributed by atoms with E-state index in [-0.39, 0.29) is 0 Å². The summed E-state index contributed by atoms with van der Waals surface area (Å²) in [7, 11) is 0. The van der Waals surface area contributed by atoms with Crippen molar-refractivity contribution in [2.24, 2.45) is 0 Å². The highest BCUT2D eigenvalue weighted by molar-refractivity contribution is 6.35. The third-order valence-electron chi connectivity index (χ3n) is 5.36. The maximum atomic E-state index is 6.35. The minimum atomic E-state index is 0.426. The molecule has 1 fully saturated rings. The second kappa shape index (κ2) is 11.1. The quantitative estimate of drug-likeness (QED) is 0.487. The monoisotopic (exact) mass is 459 g/mol. The van der Waals surface area contributed by atoms with E-state index in [4.69, 9.17) is 38.1 Å². The van der Waals surface area contributed by atoms with Gasteiger partial charge in [-0.05, 0) is 31.6 Å². The van der Waals surface area contributed by atoms with Gasteiger partial charge in [0.05, 0.1) is 19.8 Å². The maximum absolute atomic E-state index is 6.35. The lowest BCUT2D eigenvalue weighted by Crippen LogP contribution is -2.37. The van der Waals surface area contributed by atoms with Crippen LogP contribution >= 0.6 is 23.2 Å². The second-order valence-corrected chi connectivity index (χ2v) is 8.39. The number of nitrogens with one attached hydrogen (secondary N) is 1. The summed E-state index contributed by atoms with van der Waals surface area (Å²) in [5.41, 5.74) is 3.67. The summed E-state index contributed by atoms with van der Waals surface area (Å²) in [6, 6.07) is 15.6. The molecule has 1 aromatic heterocycles. The van der Waals surface area contributed by atoms with Crippen molar-refractivity contribution in [3.8, 4) is 11.3 Å². The zero-order valence-corrected chi connectivity index (χ0v) is 18.9. The van der Waals surface area contributed by atoms with Crippen LogP contribution < -0.4 is 5.32 Å². The fourth-order valence-corrected chi connectivity index (χ4v) is 4.19. The number of ether oxygens (including phenoxy) is 1. The molecule has 0 bridgehead atoms. The fraction of sp³-hybridized carbons (Fsp3) is 0.391. The van der Waals surface area contributed by atoms with Crippen molar-refractivity contribution < 1.29 is 4.74 Å². The van der Waals surface area contributed by atoms with E-state index in [1.165, 1.54) is 0 Å². The Bertz CT molecular complexity index is 953. The maximum Gasteiger partial charge on any atom is 0.117 e. The molecule has 1 aliphatic heterocycles. The van der Waals surface area contributed by atoms with E-state index in [9.17, 15) is 0 Å². The Labute approximate surface area is 193 Å². The summed E-state index contributed by atoms with van der Waals surface area (Å²) in [4.78, 5) is 4.13. The first-order valence-electron chi connectivity index (χ1n) is 10.6. The summed E-state index contributed by atoms with van der Waals surface area (Å²) in [5.74, 6) is 0. The lowest BCUT2D eigenvalue weighted by Gasteiger charge is -2.26. The molecule has 1 N–H and O–H groups in total. The molecule has 8 heteroatoms. The Morgan fingerprint density at radius 2 is 1.68 bits per heavy atom. The van der Waals surface area contributed by atoms with Gasteiger partial charge in [-0.15, -0.1) is 0 Å². The van der Waals surface area contributed by atoms with Gasteiger partial charge in [-0.25, -0.2) is 0 Å². The zero-order chi connectivity index (χ0) is 21.5. The summed E-state index contributed by atoms with van der Waals surface area (Å²) >= 11 is 12.7. The number of halogens is 2. The molecule has 0 amide bonds. The van der Waals surface area contributed by atoms with E-state index in [0.717, 1.165) is 68.3 Å². The first-order chi connectivity index (χ1) is 15.2. The van der Waals surface area contributed by atoms with Crippen LogP contribution in [0.3, 0.4) is 0 Å². The van der Waals surface area contributed by atoms with Gasteiger partial charge in [-0.2, -0.15) is 15.0 Å². The van der Waals surface area contributed by atoms with E-state index >= 15 is 0 Å². The van der Waals surface area contributed by atoms with Crippen LogP contribution in [0.25, 0.3) is 11.3 Å². The van der Waals surface area contributed by atoms with E-state index in [1.807, 2.05) is 36.4 Å². The third kappa shape index (κ3) is 6.05. The molecule has 6 nitrogen and oxygen atoms in total. The van der Waals surface area contributed by atoms with Crippen LogP contribution in [0.15, 0.2) is 48.5 Å². The smallest absolute Gasteiger partial charge is 0.117 e. The van der Waals surface area contributed by atoms with Gasteiger partial charge in [0, 0.05) is 40.8 Å². The van der Waals surface area contributed by atoms with Gasteiger partial charge in [0.25, 0.3) is 0 Å². The summed E-state index contributed by atoms with van der Waals surface area (Å²) in [6.45, 7) is 6.82. The SMILES string of the molecule is Clc1cccc(Cl)c1Cn1nc(CNCCCN2CCOCC2)c(-c2ccccc2)n1. The summed E-state index contributed by atoms with van der Waals surface area (Å²) < 4.78 is 5.41. The average molecular weight is 460 g/mol. The number of hydrogen-bond acceptors (Lipinski definition) is 5. The molecule has 31 heavy (non-hydrogen) atoms. The molecule has 164 valence electrons. The van der Waals surface area contributed by atoms with Gasteiger partial charge in [0.2, 0.25) is 0 Å². The molecule has 3 aromatic rings. The van der Waals surface area contributed by atoms with E-state index < -0.39 is 0 Å². The second-order valence-electron chi connectivity index (χ2n) is 7.58. The Kier molecular flexibility index (Phi) is 7.94. The molecule has 2 aromatic carbocycles. The molecule has 2 heterocycles. The van der Waals surface area contributed by atoms with Crippen molar-refractivity contribution in [1.82, 2.24) is 25.2 Å². The molecule has 1 aliphatic rings. The van der Waals surface area contributed by atoms with E-state index in [0.29, 0.717) is 23.1 Å². The van der Waals surface area contributed by atoms with Crippen LogP contribution in [-0.4, -0.2) is 59.3 Å². The van der Waals surface area contributed by atoms with Crippen molar-refractivity contribution in [2.75, 3.05) is 39.4 Å². The molecular weight excluding hydrogens is 433 g/mol. The predicted molar refractivity (Wildman–Crippen MR) is 125 cm³/mol. The summed E-state index contributed by atoms with van der Waals surface area (Å²) in [6.07, 6.45) is 1.09. The lowest BCUT2D eigenvalue weighted by molar-refractivity contribution is 0.0374. The molecule has 0 radical (unpaired) electrons. The molecule has 0 atom stereocenters. The number of aromatic nitrogens is 3. The first-order valence-corrected chi connectivity index (χ1v) is 11.4. The van der Waals surface area contributed by atoms with Crippen molar-refractivity contribution in [3.05, 3.63) is 69.8 Å². The minimum Gasteiger partial charge on any atom is -0.379 e. The number of benzene rings is 2. The minimum absolute atomic E-state index is 0.426. The fourth-order valence-electron chi connectivity index (χ4n) is 3.68. The molecule has 0 aliphatic carbocycles. The largest absolute Gasteiger partial charge is 0.379 e. The van der Waals surface area contributed by atoms with Crippen LogP contribution in [0.1, 0.15) is 17.7 Å². The molecule has 0 saturated carbocycles. The first kappa shape index (κ1) is 22.2. The third-order valence-corrected chi connectivity index (χ3v) is 6.07. The van der Waals surface area contributed by atoms with Gasteiger partial charge in [0.1, 0.15) is 11.4 Å². The lowest BCUT2D eigenvalue weighted by atomic mass is 10.1. The number of nitrogens with zero attached hydrogens (tertiary/aromatic N) is 4. The highest BCUT2D eigenvalue weighted by atomic mass is 35.5. The highest BCUT2D eigenvalue weighted by Crippen LogP contribution is 2.26. The van der Waals surface area contributed by atoms with Crippen LogP contribution in [-0.2, 0) is 17.8 Å². The Morgan fingerprint density at radius 3 is 2.42 bits per heavy atom.